The molecule has 1 aromatic carbocycles. The van der Waals surface area contributed by atoms with Gasteiger partial charge in [-0.15, -0.1) is 0 Å². The van der Waals surface area contributed by atoms with Crippen LogP contribution < -0.4 is 0 Å². The minimum Gasteiger partial charge on any atom is -0.480 e. The molecule has 1 N–H and O–H groups in total. The van der Waals surface area contributed by atoms with Crippen LogP contribution in [-0.4, -0.2) is 25.8 Å². The van der Waals surface area contributed by atoms with Gasteiger partial charge in [0.15, 0.2) is 0 Å². The van der Waals surface area contributed by atoms with E-state index in [1.54, 1.807) is 0 Å². The van der Waals surface area contributed by atoms with Gasteiger partial charge >= 0.3 is 5.97 Å². The van der Waals surface area contributed by atoms with Crippen molar-refractivity contribution in [3.8, 4) is 0 Å². The van der Waals surface area contributed by atoms with E-state index >= 15 is 0 Å². The SMILES string of the molecule is O=C(O)C(Cc1ccccc1)S(=O)C1CCC1. The molecule has 0 heterocycles. The summed E-state index contributed by atoms with van der Waals surface area (Å²) >= 11 is 0. The molecule has 17 heavy (non-hydrogen) atoms. The summed E-state index contributed by atoms with van der Waals surface area (Å²) in [5, 5.41) is 8.52. The molecule has 0 bridgehead atoms. The van der Waals surface area contributed by atoms with E-state index in [1.807, 2.05) is 30.3 Å². The lowest BCUT2D eigenvalue weighted by Crippen LogP contribution is -2.37. The van der Waals surface area contributed by atoms with E-state index in [0.717, 1.165) is 24.8 Å². The lowest BCUT2D eigenvalue weighted by atomic mass is 10.00. The Morgan fingerprint density at radius 1 is 1.35 bits per heavy atom. The second-order valence-electron chi connectivity index (χ2n) is 4.40. The zero-order valence-corrected chi connectivity index (χ0v) is 10.4. The van der Waals surface area contributed by atoms with Crippen molar-refractivity contribution in [2.24, 2.45) is 0 Å². The standard InChI is InChI=1S/C13H16O3S/c14-13(15)12(17(16)11-7-4-8-11)9-10-5-2-1-3-6-10/h1-3,5-6,11-12H,4,7-9H2,(H,14,15). The summed E-state index contributed by atoms with van der Waals surface area (Å²) in [6.45, 7) is 0. The van der Waals surface area contributed by atoms with E-state index in [4.69, 9.17) is 0 Å². The Morgan fingerprint density at radius 2 is 2.00 bits per heavy atom. The molecular formula is C13H16O3S. The fourth-order valence-electron chi connectivity index (χ4n) is 1.93. The van der Waals surface area contributed by atoms with Crippen LogP contribution in [-0.2, 0) is 22.0 Å². The minimum atomic E-state index is -1.25. The van der Waals surface area contributed by atoms with Gasteiger partial charge in [0.05, 0.1) is 0 Å². The van der Waals surface area contributed by atoms with Gasteiger partial charge in [-0.05, 0) is 24.8 Å². The van der Waals surface area contributed by atoms with Gasteiger partial charge in [-0.3, -0.25) is 9.00 Å². The predicted molar refractivity (Wildman–Crippen MR) is 67.4 cm³/mol. The zero-order chi connectivity index (χ0) is 12.3. The van der Waals surface area contributed by atoms with Crippen LogP contribution in [0.3, 0.4) is 0 Å². The van der Waals surface area contributed by atoms with Crippen LogP contribution in [0.4, 0.5) is 0 Å². The third kappa shape index (κ3) is 2.94. The van der Waals surface area contributed by atoms with Crippen molar-refractivity contribution in [3.63, 3.8) is 0 Å². The van der Waals surface area contributed by atoms with Crippen LogP contribution in [0.25, 0.3) is 0 Å². The van der Waals surface area contributed by atoms with Crippen LogP contribution in [0.15, 0.2) is 30.3 Å². The number of hydrogen-bond donors (Lipinski definition) is 1. The average Bonchev–Trinajstić information content (AvgIpc) is 2.24. The number of carboxylic acid groups (broad SMARTS) is 1. The van der Waals surface area contributed by atoms with Gasteiger partial charge < -0.3 is 5.11 Å². The largest absolute Gasteiger partial charge is 0.480 e. The van der Waals surface area contributed by atoms with Gasteiger partial charge in [0.2, 0.25) is 0 Å². The Kier molecular flexibility index (Phi) is 3.94. The number of rotatable bonds is 5. The van der Waals surface area contributed by atoms with E-state index in [1.165, 1.54) is 0 Å². The lowest BCUT2D eigenvalue weighted by Gasteiger charge is -2.27. The van der Waals surface area contributed by atoms with Crippen LogP contribution in [0.5, 0.6) is 0 Å². The quantitative estimate of drug-likeness (QED) is 0.871. The molecule has 2 atom stereocenters. The Hall–Kier alpha value is -1.16. The second kappa shape index (κ2) is 5.45. The molecule has 0 aliphatic heterocycles. The molecule has 1 aliphatic rings. The number of aliphatic carboxylic acids is 1. The maximum atomic E-state index is 12.1. The molecule has 0 saturated heterocycles. The van der Waals surface area contributed by atoms with E-state index in [2.05, 4.69) is 0 Å². The monoisotopic (exact) mass is 252 g/mol. The summed E-state index contributed by atoms with van der Waals surface area (Å²) in [6.07, 6.45) is 3.25. The molecule has 1 fully saturated rings. The van der Waals surface area contributed by atoms with Gasteiger partial charge in [-0.1, -0.05) is 36.8 Å². The molecule has 4 heteroatoms. The smallest absolute Gasteiger partial charge is 0.319 e. The first kappa shape index (κ1) is 12.3. The van der Waals surface area contributed by atoms with E-state index in [9.17, 15) is 14.1 Å². The minimum absolute atomic E-state index is 0.0970. The first-order chi connectivity index (χ1) is 8.18. The second-order valence-corrected chi connectivity index (χ2v) is 6.29. The highest BCUT2D eigenvalue weighted by atomic mass is 32.2. The van der Waals surface area contributed by atoms with Gasteiger partial charge in [-0.2, -0.15) is 0 Å². The van der Waals surface area contributed by atoms with Crippen LogP contribution in [0.1, 0.15) is 24.8 Å². The van der Waals surface area contributed by atoms with Crippen LogP contribution in [0, 0.1) is 0 Å². The van der Waals surface area contributed by atoms with Crippen molar-refractivity contribution in [1.82, 2.24) is 0 Å². The van der Waals surface area contributed by atoms with E-state index in [0.29, 0.717) is 6.42 Å². The topological polar surface area (TPSA) is 54.4 Å². The highest BCUT2D eigenvalue weighted by Gasteiger charge is 2.33. The van der Waals surface area contributed by atoms with Crippen molar-refractivity contribution < 1.29 is 14.1 Å². The summed E-state index contributed by atoms with van der Waals surface area (Å²) in [5.41, 5.74) is 0.938. The van der Waals surface area contributed by atoms with Crippen LogP contribution >= 0.6 is 0 Å². The molecule has 0 amide bonds. The fraction of sp³-hybridized carbons (Fsp3) is 0.462. The molecule has 1 saturated carbocycles. The van der Waals surface area contributed by atoms with Crippen LogP contribution in [0.2, 0.25) is 0 Å². The van der Waals surface area contributed by atoms with Crippen molar-refractivity contribution in [2.75, 3.05) is 0 Å². The van der Waals surface area contributed by atoms with E-state index < -0.39 is 22.0 Å². The van der Waals surface area contributed by atoms with Gasteiger partial charge in [0, 0.05) is 16.0 Å². The molecule has 1 aromatic rings. The fourth-order valence-corrected chi connectivity index (χ4v) is 3.75. The summed E-state index contributed by atoms with van der Waals surface area (Å²) in [6, 6.07) is 9.41. The average molecular weight is 252 g/mol. The molecule has 92 valence electrons. The molecule has 0 spiro atoms. The maximum absolute atomic E-state index is 12.1. The molecule has 0 aromatic heterocycles. The first-order valence-corrected chi connectivity index (χ1v) is 7.12. The summed E-state index contributed by atoms with van der Waals surface area (Å²) < 4.78 is 12.1. The summed E-state index contributed by atoms with van der Waals surface area (Å²) in [5.74, 6) is -0.945. The van der Waals surface area contributed by atoms with Crippen molar-refractivity contribution >= 4 is 16.8 Å². The number of benzene rings is 1. The van der Waals surface area contributed by atoms with Gasteiger partial charge in [-0.25, -0.2) is 0 Å². The highest BCUT2D eigenvalue weighted by Crippen LogP contribution is 2.27. The van der Waals surface area contributed by atoms with Crippen molar-refractivity contribution in [2.45, 2.75) is 36.2 Å². The Bertz CT molecular complexity index is 412. The normalized spacial score (nSPS) is 19.3. The molecular weight excluding hydrogens is 236 g/mol. The number of carbonyl (C=O) groups is 1. The van der Waals surface area contributed by atoms with Crippen molar-refractivity contribution in [3.05, 3.63) is 35.9 Å². The van der Waals surface area contributed by atoms with Gasteiger partial charge in [0.1, 0.15) is 5.25 Å². The molecule has 2 rings (SSSR count). The Balaban J connectivity index is 2.07. The van der Waals surface area contributed by atoms with E-state index in [-0.39, 0.29) is 5.25 Å². The zero-order valence-electron chi connectivity index (χ0n) is 9.54. The van der Waals surface area contributed by atoms with Gasteiger partial charge in [0.25, 0.3) is 0 Å². The highest BCUT2D eigenvalue weighted by molar-refractivity contribution is 7.87. The Labute approximate surface area is 103 Å². The molecule has 2 unspecified atom stereocenters. The maximum Gasteiger partial charge on any atom is 0.319 e. The summed E-state index contributed by atoms with van der Waals surface area (Å²) in [4.78, 5) is 11.2. The lowest BCUT2D eigenvalue weighted by molar-refractivity contribution is -0.136. The number of carboxylic acids is 1. The predicted octanol–water partition coefficient (Wildman–Crippen LogP) is 1.98. The number of hydrogen-bond acceptors (Lipinski definition) is 2. The third-order valence-corrected chi connectivity index (χ3v) is 5.26. The molecule has 0 radical (unpaired) electrons. The molecule has 3 nitrogen and oxygen atoms in total. The molecule has 1 aliphatic carbocycles. The summed E-state index contributed by atoms with van der Waals surface area (Å²) in [7, 11) is -1.25. The van der Waals surface area contributed by atoms with Crippen molar-refractivity contribution in [1.29, 1.82) is 0 Å². The Morgan fingerprint density at radius 3 is 2.47 bits per heavy atom. The first-order valence-electron chi connectivity index (χ1n) is 5.84. The third-order valence-electron chi connectivity index (χ3n) is 3.20.